The Labute approximate surface area is 456 Å². The second kappa shape index (κ2) is 53.3. The quantitative estimate of drug-likeness (QED) is 0.0212. The summed E-state index contributed by atoms with van der Waals surface area (Å²) in [5.74, 6) is -0.651. The second-order valence-corrected chi connectivity index (χ2v) is 22.5. The van der Waals surface area contributed by atoms with E-state index in [0.29, 0.717) is 23.9 Å². The zero-order chi connectivity index (χ0) is 54.3. The van der Waals surface area contributed by atoms with E-state index in [-0.39, 0.29) is 25.4 Å². The lowest BCUT2D eigenvalue weighted by molar-refractivity contribution is -0.870. The number of carbonyl (C=O) groups is 2. The summed E-state index contributed by atoms with van der Waals surface area (Å²) in [6, 6.07) is -0.928. The average Bonchev–Trinajstić information content (AvgIpc) is 3.36. The van der Waals surface area contributed by atoms with Crippen LogP contribution in [0.1, 0.15) is 245 Å². The van der Waals surface area contributed by atoms with Gasteiger partial charge in [0.1, 0.15) is 19.3 Å². The summed E-state index contributed by atoms with van der Waals surface area (Å²) in [7, 11) is 1.13. The number of nitrogens with one attached hydrogen (secondary N) is 1. The number of carbonyl (C=O) groups excluding carboxylic acids is 2. The van der Waals surface area contributed by atoms with Gasteiger partial charge in [-0.25, -0.2) is 0 Å². The molecule has 3 atom stereocenters. The molecule has 9 nitrogen and oxygen atoms in total. The lowest BCUT2D eigenvalue weighted by Gasteiger charge is -2.30. The summed E-state index contributed by atoms with van der Waals surface area (Å²) < 4.78 is 30.2. The molecule has 426 valence electrons. The van der Waals surface area contributed by atoms with Crippen molar-refractivity contribution >= 4 is 19.7 Å². The van der Waals surface area contributed by atoms with Crippen molar-refractivity contribution in [2.24, 2.45) is 0 Å². The minimum Gasteiger partial charge on any atom is -0.756 e. The molecule has 74 heavy (non-hydrogen) atoms. The Hall–Kier alpha value is -3.07. The maximum Gasteiger partial charge on any atom is 0.306 e. The van der Waals surface area contributed by atoms with Crippen molar-refractivity contribution in [3.63, 3.8) is 0 Å². The highest BCUT2D eigenvalue weighted by atomic mass is 31.2. The number of quaternary nitrogens is 1. The molecule has 0 aliphatic heterocycles. The van der Waals surface area contributed by atoms with E-state index >= 15 is 0 Å². The van der Waals surface area contributed by atoms with Crippen LogP contribution in [0.15, 0.2) is 97.2 Å². The van der Waals surface area contributed by atoms with Gasteiger partial charge in [0.05, 0.1) is 33.8 Å². The molecule has 1 N–H and O–H groups in total. The van der Waals surface area contributed by atoms with Crippen LogP contribution in [0.2, 0.25) is 0 Å². The fraction of sp³-hybridized carbons (Fsp3) is 0.719. The van der Waals surface area contributed by atoms with Crippen LogP contribution in [-0.4, -0.2) is 69.4 Å². The third-order valence-corrected chi connectivity index (χ3v) is 13.7. The van der Waals surface area contributed by atoms with Crippen molar-refractivity contribution in [2.75, 3.05) is 40.9 Å². The zero-order valence-corrected chi connectivity index (χ0v) is 49.4. The number of likely N-dealkylation sites (N-methyl/N-ethyl adjacent to an activating group) is 1. The first kappa shape index (κ1) is 70.9. The Morgan fingerprint density at radius 2 is 0.878 bits per heavy atom. The van der Waals surface area contributed by atoms with Crippen molar-refractivity contribution in [3.8, 4) is 0 Å². The summed E-state index contributed by atoms with van der Waals surface area (Å²) in [6.45, 7) is 6.67. The first-order valence-electron chi connectivity index (χ1n) is 30.0. The van der Waals surface area contributed by atoms with Gasteiger partial charge in [0.25, 0.3) is 7.82 Å². The fourth-order valence-corrected chi connectivity index (χ4v) is 8.85. The fourth-order valence-electron chi connectivity index (χ4n) is 8.13. The number of amides is 1. The molecule has 0 aromatic rings. The highest BCUT2D eigenvalue weighted by molar-refractivity contribution is 7.45. The number of hydrogen-bond acceptors (Lipinski definition) is 7. The third-order valence-electron chi connectivity index (χ3n) is 12.8. The molecule has 0 fully saturated rings. The van der Waals surface area contributed by atoms with Gasteiger partial charge in [0.2, 0.25) is 5.91 Å². The van der Waals surface area contributed by atoms with Gasteiger partial charge in [-0.3, -0.25) is 14.2 Å². The van der Waals surface area contributed by atoms with Gasteiger partial charge >= 0.3 is 5.97 Å². The van der Waals surface area contributed by atoms with E-state index in [2.05, 4.69) is 99.0 Å². The first-order chi connectivity index (χ1) is 35.9. The number of phosphoric ester groups is 1. The maximum absolute atomic E-state index is 13.5. The predicted molar refractivity (Wildman–Crippen MR) is 316 cm³/mol. The van der Waals surface area contributed by atoms with Crippen LogP contribution >= 0.6 is 7.82 Å². The minimum atomic E-state index is -4.72. The van der Waals surface area contributed by atoms with Crippen LogP contribution in [0.25, 0.3) is 0 Å². The molecule has 0 aliphatic carbocycles. The number of allylic oxidation sites excluding steroid dienone is 15. The molecule has 0 saturated carbocycles. The largest absolute Gasteiger partial charge is 0.756 e. The number of phosphoric acid groups is 1. The number of hydrogen-bond donors (Lipinski definition) is 1. The van der Waals surface area contributed by atoms with E-state index in [9.17, 15) is 19.0 Å². The number of ether oxygens (including phenoxy) is 1. The molecule has 0 aromatic heterocycles. The molecule has 0 rings (SSSR count). The van der Waals surface area contributed by atoms with E-state index < -0.39 is 32.5 Å². The molecule has 0 saturated heterocycles. The third kappa shape index (κ3) is 53.7. The molecule has 0 radical (unpaired) electrons. The van der Waals surface area contributed by atoms with E-state index in [4.69, 9.17) is 13.8 Å². The maximum atomic E-state index is 13.5. The number of nitrogens with zero attached hydrogens (tertiary/aromatic N) is 1. The van der Waals surface area contributed by atoms with Gasteiger partial charge < -0.3 is 28.5 Å². The average molecular weight is 1050 g/mol. The highest BCUT2D eigenvalue weighted by Gasteiger charge is 2.27. The molecule has 1 amide bonds. The molecule has 0 bridgehead atoms. The smallest absolute Gasteiger partial charge is 0.306 e. The standard InChI is InChI=1S/C64H113N2O7P/c1-7-10-13-16-19-22-25-28-30-32-33-34-36-39-42-45-48-51-54-57-64(68)73-62(55-52-49-46-43-40-37-27-24-21-18-15-12-9-3)61(60-72-74(69,70)71-59-58-66(4,5)6)65-63(67)56-53-50-47-44-41-38-35-31-29-26-23-20-17-14-11-8-2/h10,13,19,22,28,30-31,33-35,39,42,48,51-52,55,61-62H,7-9,11-12,14-18,20-21,23-27,29,32,36-38,40-41,43-47,49-50,53-54,56-60H2,1-6H3,(H-,65,67,69,70)/b13-10-,22-19-,30-28-,34-33-,35-31+,42-39-,51-48-,55-52+. The van der Waals surface area contributed by atoms with Gasteiger partial charge in [-0.15, -0.1) is 0 Å². The molecule has 0 spiro atoms. The second-order valence-electron chi connectivity index (χ2n) is 21.1. The number of esters is 1. The van der Waals surface area contributed by atoms with E-state index in [1.807, 2.05) is 39.4 Å². The van der Waals surface area contributed by atoms with Crippen LogP contribution in [0.5, 0.6) is 0 Å². The number of rotatable bonds is 53. The molecule has 0 heterocycles. The van der Waals surface area contributed by atoms with E-state index in [1.54, 1.807) is 6.08 Å². The summed E-state index contributed by atoms with van der Waals surface area (Å²) in [5.41, 5.74) is 0. The van der Waals surface area contributed by atoms with E-state index in [1.165, 1.54) is 109 Å². The lowest BCUT2D eigenvalue weighted by atomic mass is 10.0. The Morgan fingerprint density at radius 3 is 1.32 bits per heavy atom. The first-order valence-corrected chi connectivity index (χ1v) is 31.5. The van der Waals surface area contributed by atoms with E-state index in [0.717, 1.165) is 89.9 Å². The van der Waals surface area contributed by atoms with Gasteiger partial charge in [-0.2, -0.15) is 0 Å². The molecular formula is C64H113N2O7P. The lowest BCUT2D eigenvalue weighted by Crippen LogP contribution is -2.47. The van der Waals surface area contributed by atoms with Crippen LogP contribution in [0, 0.1) is 0 Å². The van der Waals surface area contributed by atoms with Crippen LogP contribution in [0.4, 0.5) is 0 Å². The minimum absolute atomic E-state index is 0.0390. The van der Waals surface area contributed by atoms with Crippen LogP contribution in [0.3, 0.4) is 0 Å². The van der Waals surface area contributed by atoms with Crippen molar-refractivity contribution in [2.45, 2.75) is 258 Å². The summed E-state index contributed by atoms with van der Waals surface area (Å²) in [4.78, 5) is 39.9. The number of unbranched alkanes of at least 4 members (excludes halogenated alkanes) is 23. The van der Waals surface area contributed by atoms with Crippen LogP contribution in [-0.2, 0) is 27.9 Å². The van der Waals surface area contributed by atoms with Crippen molar-refractivity contribution < 1.29 is 37.3 Å². The van der Waals surface area contributed by atoms with Crippen LogP contribution < -0.4 is 10.2 Å². The normalized spacial score (nSPS) is 14.4. The highest BCUT2D eigenvalue weighted by Crippen LogP contribution is 2.38. The SMILES string of the molecule is CC/C=C\C/C=C\C/C=C\C/C=C\C/C=C\C/C=C\CCC(=O)OC(/C=C/CCCCCCCCCCCCC)C(COP(=O)([O-])OCC[N+](C)(C)C)NC(=O)CCCCCCC/C=C/CCCCCCCCC. The summed E-state index contributed by atoms with van der Waals surface area (Å²) in [5, 5.41) is 3.00. The Balaban J connectivity index is 5.47. The monoisotopic (exact) mass is 1050 g/mol. The van der Waals surface area contributed by atoms with Crippen molar-refractivity contribution in [3.05, 3.63) is 97.2 Å². The predicted octanol–water partition coefficient (Wildman–Crippen LogP) is 17.8. The van der Waals surface area contributed by atoms with Gasteiger partial charge in [-0.05, 0) is 96.0 Å². The van der Waals surface area contributed by atoms with Gasteiger partial charge in [0, 0.05) is 12.8 Å². The van der Waals surface area contributed by atoms with Crippen molar-refractivity contribution in [1.29, 1.82) is 0 Å². The van der Waals surface area contributed by atoms with Gasteiger partial charge in [0.15, 0.2) is 0 Å². The Kier molecular flexibility index (Phi) is 51.1. The topological polar surface area (TPSA) is 114 Å². The summed E-state index contributed by atoms with van der Waals surface area (Å²) in [6.07, 6.45) is 71.0. The van der Waals surface area contributed by atoms with Crippen molar-refractivity contribution in [1.82, 2.24) is 5.32 Å². The molecular weight excluding hydrogens is 940 g/mol. The molecule has 10 heteroatoms. The Bertz CT molecular complexity index is 1590. The molecule has 0 aliphatic rings. The Morgan fingerprint density at radius 1 is 0.486 bits per heavy atom. The van der Waals surface area contributed by atoms with Gasteiger partial charge in [-0.1, -0.05) is 234 Å². The molecule has 3 unspecified atom stereocenters. The zero-order valence-electron chi connectivity index (χ0n) is 48.5. The molecule has 0 aromatic carbocycles. The summed E-state index contributed by atoms with van der Waals surface area (Å²) >= 11 is 0.